The molecule has 2 heterocycles. The van der Waals surface area contributed by atoms with E-state index in [1.807, 2.05) is 30.3 Å². The molecule has 1 amide bonds. The molecule has 130 valence electrons. The third-order valence-corrected chi connectivity index (χ3v) is 4.84. The summed E-state index contributed by atoms with van der Waals surface area (Å²) in [6, 6.07) is 14.7. The number of aryl methyl sites for hydroxylation is 1. The Morgan fingerprint density at radius 3 is 2.44 bits per heavy atom. The molecule has 1 fully saturated rings. The molecule has 1 aliphatic heterocycles. The van der Waals surface area contributed by atoms with E-state index in [9.17, 15) is 4.79 Å². The van der Waals surface area contributed by atoms with Crippen LogP contribution in [0.1, 0.15) is 11.3 Å². The monoisotopic (exact) mass is 354 g/mol. The fourth-order valence-electron chi connectivity index (χ4n) is 3.00. The first-order valence-corrected chi connectivity index (χ1v) is 9.17. The van der Waals surface area contributed by atoms with Gasteiger partial charge >= 0.3 is 0 Å². The van der Waals surface area contributed by atoms with Gasteiger partial charge in [0.15, 0.2) is 6.20 Å². The lowest BCUT2D eigenvalue weighted by molar-refractivity contribution is -0.673. The normalized spacial score (nSPS) is 15.0. The molecule has 0 unspecified atom stereocenters. The molecule has 3 rings (SSSR count). The van der Waals surface area contributed by atoms with Crippen LogP contribution < -0.4 is 9.47 Å². The third-order valence-electron chi connectivity index (χ3n) is 4.57. The molecule has 0 aliphatic carbocycles. The molecule has 1 aliphatic rings. The van der Waals surface area contributed by atoms with Crippen LogP contribution in [0.4, 0.5) is 5.69 Å². The van der Waals surface area contributed by atoms with Crippen LogP contribution in [0.15, 0.2) is 48.7 Å². The average Bonchev–Trinajstić information content (AvgIpc) is 2.67. The molecule has 0 radical (unpaired) electrons. The number of aromatic nitrogens is 1. The van der Waals surface area contributed by atoms with Crippen molar-refractivity contribution in [3.8, 4) is 0 Å². The number of carbonyl (C=O) groups excluding carboxylic acids is 1. The van der Waals surface area contributed by atoms with E-state index in [1.54, 1.807) is 0 Å². The summed E-state index contributed by atoms with van der Waals surface area (Å²) in [6.45, 7) is 3.28. The van der Waals surface area contributed by atoms with E-state index in [0.29, 0.717) is 5.75 Å². The molecular weight excluding hydrogens is 330 g/mol. The molecule has 25 heavy (non-hydrogen) atoms. The van der Waals surface area contributed by atoms with Crippen LogP contribution in [0, 0.1) is 0 Å². The summed E-state index contributed by atoms with van der Waals surface area (Å²) in [4.78, 5) is 15.9. The Kier molecular flexibility index (Phi) is 5.76. The predicted octanol–water partition coefficient (Wildman–Crippen LogP) is 2.26. The molecule has 4 nitrogen and oxygen atoms in total. The Bertz CT molecular complexity index is 750. The maximum Gasteiger partial charge on any atom is 0.232 e. The third kappa shape index (κ3) is 4.42. The van der Waals surface area contributed by atoms with Crippen LogP contribution in [0.5, 0.6) is 0 Å². The largest absolute Gasteiger partial charge is 0.368 e. The van der Waals surface area contributed by atoms with Crippen molar-refractivity contribution in [2.75, 3.05) is 36.8 Å². The molecule has 1 saturated heterocycles. The minimum Gasteiger partial charge on any atom is -0.368 e. The molecular formula is C20H24N3OS+. The SMILES string of the molecule is C[n+]1ccccc1/C=C/c1ccc(N2CCN(C(=O)CS)CC2)cc1. The summed E-state index contributed by atoms with van der Waals surface area (Å²) < 4.78 is 2.09. The molecule has 0 saturated carbocycles. The van der Waals surface area contributed by atoms with E-state index in [1.165, 1.54) is 11.3 Å². The second kappa shape index (κ2) is 8.21. The molecule has 0 bridgehead atoms. The number of anilines is 1. The van der Waals surface area contributed by atoms with Gasteiger partial charge in [-0.15, -0.1) is 0 Å². The predicted molar refractivity (Wildman–Crippen MR) is 106 cm³/mol. The maximum atomic E-state index is 11.7. The van der Waals surface area contributed by atoms with Gasteiger partial charge in [-0.3, -0.25) is 4.79 Å². The Morgan fingerprint density at radius 1 is 1.08 bits per heavy atom. The van der Waals surface area contributed by atoms with Crippen molar-refractivity contribution >= 4 is 36.4 Å². The fourth-order valence-corrected chi connectivity index (χ4v) is 3.20. The highest BCUT2D eigenvalue weighted by Gasteiger charge is 2.20. The van der Waals surface area contributed by atoms with Gasteiger partial charge in [0.05, 0.1) is 5.75 Å². The van der Waals surface area contributed by atoms with Crippen molar-refractivity contribution in [1.29, 1.82) is 0 Å². The lowest BCUT2D eigenvalue weighted by atomic mass is 10.1. The first-order valence-electron chi connectivity index (χ1n) is 8.54. The van der Waals surface area contributed by atoms with Crippen LogP contribution in [0.3, 0.4) is 0 Å². The summed E-state index contributed by atoms with van der Waals surface area (Å²) in [5.74, 6) is 0.415. The fraction of sp³-hybridized carbons (Fsp3) is 0.300. The number of amides is 1. The summed E-state index contributed by atoms with van der Waals surface area (Å²) >= 11 is 4.07. The minimum absolute atomic E-state index is 0.123. The van der Waals surface area contributed by atoms with Crippen molar-refractivity contribution in [3.05, 3.63) is 59.9 Å². The summed E-state index contributed by atoms with van der Waals surface area (Å²) in [7, 11) is 2.04. The number of pyridine rings is 1. The van der Waals surface area contributed by atoms with Gasteiger partial charge in [0.1, 0.15) is 7.05 Å². The Morgan fingerprint density at radius 2 is 1.80 bits per heavy atom. The van der Waals surface area contributed by atoms with Crippen molar-refractivity contribution in [2.45, 2.75) is 0 Å². The van der Waals surface area contributed by atoms with Crippen molar-refractivity contribution < 1.29 is 9.36 Å². The van der Waals surface area contributed by atoms with E-state index in [2.05, 4.69) is 64.6 Å². The van der Waals surface area contributed by atoms with Crippen LogP contribution in [-0.2, 0) is 11.8 Å². The van der Waals surface area contributed by atoms with Gasteiger partial charge in [-0.25, -0.2) is 4.57 Å². The Balaban J connectivity index is 1.61. The Hall–Kier alpha value is -2.27. The summed E-state index contributed by atoms with van der Waals surface area (Å²) in [5, 5.41) is 0. The zero-order valence-electron chi connectivity index (χ0n) is 14.5. The highest BCUT2D eigenvalue weighted by Crippen LogP contribution is 2.18. The standard InChI is InChI=1S/C20H23N3OS/c1-21-11-3-2-4-18(21)8-5-17-6-9-19(10-7-17)22-12-14-23(15-13-22)20(24)16-25/h2-11H,12-16H2,1H3/p+1. The number of nitrogens with zero attached hydrogens (tertiary/aromatic N) is 3. The van der Waals surface area contributed by atoms with Gasteiger partial charge in [0.25, 0.3) is 0 Å². The summed E-state index contributed by atoms with van der Waals surface area (Å²) in [6.07, 6.45) is 6.29. The van der Waals surface area contributed by atoms with Crippen LogP contribution >= 0.6 is 12.6 Å². The second-order valence-electron chi connectivity index (χ2n) is 6.19. The minimum atomic E-state index is 0.123. The van der Waals surface area contributed by atoms with Crippen LogP contribution in [0.2, 0.25) is 0 Å². The highest BCUT2D eigenvalue weighted by atomic mass is 32.1. The number of rotatable bonds is 4. The van der Waals surface area contributed by atoms with E-state index in [-0.39, 0.29) is 5.91 Å². The number of benzene rings is 1. The number of piperazine rings is 1. The number of carbonyl (C=O) groups is 1. The van der Waals surface area contributed by atoms with Gasteiger partial charge in [-0.1, -0.05) is 12.1 Å². The van der Waals surface area contributed by atoms with Crippen LogP contribution in [-0.4, -0.2) is 42.7 Å². The molecule has 0 spiro atoms. The van der Waals surface area contributed by atoms with Gasteiger partial charge in [-0.05, 0) is 29.8 Å². The van der Waals surface area contributed by atoms with Gasteiger partial charge in [0.2, 0.25) is 11.6 Å². The van der Waals surface area contributed by atoms with Crippen molar-refractivity contribution in [3.63, 3.8) is 0 Å². The molecule has 5 heteroatoms. The number of thiol groups is 1. The number of hydrogen-bond donors (Lipinski definition) is 1. The molecule has 1 aromatic carbocycles. The molecule has 0 N–H and O–H groups in total. The zero-order chi connectivity index (χ0) is 17.6. The first-order chi connectivity index (χ1) is 12.2. The molecule has 1 aromatic heterocycles. The first kappa shape index (κ1) is 17.5. The molecule has 0 atom stereocenters. The summed E-state index contributed by atoms with van der Waals surface area (Å²) in [5.41, 5.74) is 3.55. The Labute approximate surface area is 154 Å². The second-order valence-corrected chi connectivity index (χ2v) is 6.50. The van der Waals surface area contributed by atoms with E-state index >= 15 is 0 Å². The van der Waals surface area contributed by atoms with Gasteiger partial charge in [-0.2, -0.15) is 12.6 Å². The lowest BCUT2D eigenvalue weighted by Gasteiger charge is -2.36. The van der Waals surface area contributed by atoms with E-state index in [0.717, 1.165) is 31.9 Å². The molecule has 2 aromatic rings. The highest BCUT2D eigenvalue weighted by molar-refractivity contribution is 7.81. The van der Waals surface area contributed by atoms with Gasteiger partial charge in [0, 0.05) is 50.1 Å². The van der Waals surface area contributed by atoms with Crippen molar-refractivity contribution in [2.24, 2.45) is 7.05 Å². The van der Waals surface area contributed by atoms with E-state index in [4.69, 9.17) is 0 Å². The average molecular weight is 354 g/mol. The van der Waals surface area contributed by atoms with Crippen molar-refractivity contribution in [1.82, 2.24) is 4.90 Å². The smallest absolute Gasteiger partial charge is 0.232 e. The maximum absolute atomic E-state index is 11.7. The number of hydrogen-bond acceptors (Lipinski definition) is 3. The van der Waals surface area contributed by atoms with Gasteiger partial charge < -0.3 is 9.80 Å². The quantitative estimate of drug-likeness (QED) is 0.674. The van der Waals surface area contributed by atoms with E-state index < -0.39 is 0 Å². The van der Waals surface area contributed by atoms with Crippen LogP contribution in [0.25, 0.3) is 12.2 Å². The zero-order valence-corrected chi connectivity index (χ0v) is 15.4. The lowest BCUT2D eigenvalue weighted by Crippen LogP contribution is -2.49. The topological polar surface area (TPSA) is 27.4 Å².